The largest absolute Gasteiger partial charge is 0.493 e. The zero-order chi connectivity index (χ0) is 19.1. The maximum absolute atomic E-state index is 5.45. The Kier molecular flexibility index (Phi) is 4.87. The second-order valence-corrected chi connectivity index (χ2v) is 9.52. The number of nitrogens with one attached hydrogen (secondary N) is 1. The van der Waals surface area contributed by atoms with Crippen LogP contribution < -0.4 is 14.4 Å². The lowest BCUT2D eigenvalue weighted by atomic mass is 9.96. The van der Waals surface area contributed by atoms with Crippen LogP contribution in [0, 0.1) is 5.92 Å². The Morgan fingerprint density at radius 3 is 2.75 bits per heavy atom. The van der Waals surface area contributed by atoms with Crippen LogP contribution in [0.15, 0.2) is 35.0 Å². The summed E-state index contributed by atoms with van der Waals surface area (Å²) in [4.78, 5) is 8.28. The van der Waals surface area contributed by atoms with Crippen LogP contribution in [0.5, 0.6) is 11.5 Å². The van der Waals surface area contributed by atoms with Crippen LogP contribution in [-0.2, 0) is 13.0 Å². The van der Waals surface area contributed by atoms with E-state index in [9.17, 15) is 0 Å². The summed E-state index contributed by atoms with van der Waals surface area (Å²) >= 11 is 3.66. The van der Waals surface area contributed by atoms with E-state index in [2.05, 4.69) is 22.9 Å². The van der Waals surface area contributed by atoms with Crippen LogP contribution in [-0.4, -0.2) is 25.7 Å². The molecule has 1 unspecified atom stereocenters. The Morgan fingerprint density at radius 2 is 1.96 bits per heavy atom. The summed E-state index contributed by atoms with van der Waals surface area (Å²) in [5, 5.41) is 5.55. The third kappa shape index (κ3) is 3.34. The van der Waals surface area contributed by atoms with Gasteiger partial charge in [0.25, 0.3) is 0 Å². The molecule has 6 heteroatoms. The average molecular weight is 414 g/mol. The second kappa shape index (κ2) is 7.50. The standard InChI is InChI=1S/C22H24N2O2S2/c1-25-18-6-5-15(11-19(18)26-2)22-23-16(13-28-22)12-24-9-7-20-17(8-10-27-20)21(24)14-3-4-14/h5-6,8,10-11,13-14,21H,3-4,7,9,12H2,1-2H3/p+1/t21-/m0/s1. The van der Waals surface area contributed by atoms with Crippen LogP contribution in [0.1, 0.15) is 35.0 Å². The first-order chi connectivity index (χ1) is 13.8. The molecule has 1 saturated carbocycles. The molecular formula is C22H25N2O2S2+. The number of quaternary nitrogens is 1. The van der Waals surface area contributed by atoms with Crippen LogP contribution in [0.4, 0.5) is 0 Å². The Hall–Kier alpha value is -1.89. The summed E-state index contributed by atoms with van der Waals surface area (Å²) in [6, 6.07) is 9.06. The molecular weight excluding hydrogens is 388 g/mol. The molecule has 1 aliphatic heterocycles. The van der Waals surface area contributed by atoms with Crippen LogP contribution in [0.3, 0.4) is 0 Å². The maximum atomic E-state index is 5.45. The van der Waals surface area contributed by atoms with Gasteiger partial charge in [0.15, 0.2) is 11.5 Å². The monoisotopic (exact) mass is 413 g/mol. The van der Waals surface area contributed by atoms with Gasteiger partial charge >= 0.3 is 0 Å². The van der Waals surface area contributed by atoms with Crippen molar-refractivity contribution in [2.75, 3.05) is 20.8 Å². The minimum Gasteiger partial charge on any atom is -0.493 e. The van der Waals surface area contributed by atoms with Crippen molar-refractivity contribution in [1.82, 2.24) is 4.98 Å². The molecule has 5 rings (SSSR count). The molecule has 0 amide bonds. The van der Waals surface area contributed by atoms with E-state index in [1.165, 1.54) is 31.5 Å². The molecule has 28 heavy (non-hydrogen) atoms. The first kappa shape index (κ1) is 18.2. The summed E-state index contributed by atoms with van der Waals surface area (Å²) in [6.45, 7) is 2.23. The number of hydrogen-bond donors (Lipinski definition) is 1. The molecule has 2 aliphatic rings. The van der Waals surface area contributed by atoms with E-state index in [0.717, 1.165) is 34.5 Å². The van der Waals surface area contributed by atoms with Crippen molar-refractivity contribution >= 4 is 22.7 Å². The molecule has 0 bridgehead atoms. The third-order valence-corrected chi connectivity index (χ3v) is 7.85. The van der Waals surface area contributed by atoms with Gasteiger partial charge in [-0.25, -0.2) is 4.98 Å². The zero-order valence-corrected chi connectivity index (χ0v) is 17.9. The van der Waals surface area contributed by atoms with E-state index in [1.54, 1.807) is 40.9 Å². The topological polar surface area (TPSA) is 35.8 Å². The van der Waals surface area contributed by atoms with Gasteiger partial charge in [0, 0.05) is 33.7 Å². The van der Waals surface area contributed by atoms with Gasteiger partial charge in [-0.15, -0.1) is 22.7 Å². The highest BCUT2D eigenvalue weighted by molar-refractivity contribution is 7.13. The first-order valence-corrected chi connectivity index (χ1v) is 11.6. The SMILES string of the molecule is COc1ccc(-c2nc(C[NH+]3CCc4sccc4[C@@H]3C3CC3)cs2)cc1OC. The van der Waals surface area contributed by atoms with E-state index in [0.29, 0.717) is 6.04 Å². The number of thiazole rings is 1. The van der Waals surface area contributed by atoms with E-state index in [4.69, 9.17) is 14.5 Å². The number of nitrogens with zero attached hydrogens (tertiary/aromatic N) is 1. The minimum atomic E-state index is 0.668. The quantitative estimate of drug-likeness (QED) is 0.664. The number of thiophene rings is 1. The predicted molar refractivity (Wildman–Crippen MR) is 114 cm³/mol. The average Bonchev–Trinajstić information content (AvgIpc) is 3.25. The number of methoxy groups -OCH3 is 2. The van der Waals surface area contributed by atoms with E-state index in [-0.39, 0.29) is 0 Å². The number of ether oxygens (including phenoxy) is 2. The number of rotatable bonds is 6. The Bertz CT molecular complexity index is 977. The summed E-state index contributed by atoms with van der Waals surface area (Å²) in [7, 11) is 3.33. The molecule has 1 aliphatic carbocycles. The summed E-state index contributed by atoms with van der Waals surface area (Å²) < 4.78 is 10.8. The minimum absolute atomic E-state index is 0.668. The molecule has 3 aromatic rings. The Balaban J connectivity index is 1.37. The second-order valence-electron chi connectivity index (χ2n) is 7.66. The maximum Gasteiger partial charge on any atom is 0.161 e. The van der Waals surface area contributed by atoms with Crippen molar-refractivity contribution in [1.29, 1.82) is 0 Å². The Morgan fingerprint density at radius 1 is 1.11 bits per heavy atom. The van der Waals surface area contributed by atoms with Gasteiger partial charge in [-0.2, -0.15) is 0 Å². The van der Waals surface area contributed by atoms with Crippen molar-refractivity contribution in [2.24, 2.45) is 5.92 Å². The summed E-state index contributed by atoms with van der Waals surface area (Å²) in [5.74, 6) is 2.37. The van der Waals surface area contributed by atoms with E-state index >= 15 is 0 Å². The molecule has 0 spiro atoms. The summed E-state index contributed by atoms with van der Waals surface area (Å²) in [6.07, 6.45) is 3.98. The third-order valence-electron chi connectivity index (χ3n) is 5.91. The summed E-state index contributed by atoms with van der Waals surface area (Å²) in [5.41, 5.74) is 3.90. The van der Waals surface area contributed by atoms with Crippen LogP contribution >= 0.6 is 22.7 Å². The van der Waals surface area contributed by atoms with Gasteiger partial charge in [0.1, 0.15) is 23.3 Å². The molecule has 0 radical (unpaired) electrons. The lowest BCUT2D eigenvalue weighted by Crippen LogP contribution is -3.12. The number of benzene rings is 1. The molecule has 1 N–H and O–H groups in total. The predicted octanol–water partition coefficient (Wildman–Crippen LogP) is 3.98. The van der Waals surface area contributed by atoms with Gasteiger partial charge in [-0.3, -0.25) is 0 Å². The van der Waals surface area contributed by atoms with Gasteiger partial charge in [-0.05, 0) is 42.5 Å². The molecule has 4 nitrogen and oxygen atoms in total. The lowest BCUT2D eigenvalue weighted by molar-refractivity contribution is -0.949. The van der Waals surface area contributed by atoms with Crippen molar-refractivity contribution < 1.29 is 14.4 Å². The van der Waals surface area contributed by atoms with Crippen LogP contribution in [0.2, 0.25) is 0 Å². The van der Waals surface area contributed by atoms with Crippen molar-refractivity contribution in [3.63, 3.8) is 0 Å². The highest BCUT2D eigenvalue weighted by atomic mass is 32.1. The number of aromatic nitrogens is 1. The van der Waals surface area contributed by atoms with Gasteiger partial charge in [0.05, 0.1) is 20.8 Å². The number of hydrogen-bond acceptors (Lipinski definition) is 5. The van der Waals surface area contributed by atoms with Crippen LogP contribution in [0.25, 0.3) is 10.6 Å². The molecule has 0 saturated heterocycles. The Labute approximate surface area is 173 Å². The molecule has 1 fully saturated rings. The van der Waals surface area contributed by atoms with E-state index < -0.39 is 0 Å². The highest BCUT2D eigenvalue weighted by Crippen LogP contribution is 2.42. The highest BCUT2D eigenvalue weighted by Gasteiger charge is 2.43. The van der Waals surface area contributed by atoms with Gasteiger partial charge < -0.3 is 14.4 Å². The fraction of sp³-hybridized carbons (Fsp3) is 0.409. The fourth-order valence-electron chi connectivity index (χ4n) is 4.42. The van der Waals surface area contributed by atoms with Gasteiger partial charge in [0.2, 0.25) is 0 Å². The normalized spacial score (nSPS) is 21.4. The van der Waals surface area contributed by atoms with E-state index in [1.807, 2.05) is 23.5 Å². The van der Waals surface area contributed by atoms with Crippen molar-refractivity contribution in [2.45, 2.75) is 31.8 Å². The molecule has 146 valence electrons. The van der Waals surface area contributed by atoms with Gasteiger partial charge in [-0.1, -0.05) is 0 Å². The molecule has 2 aromatic heterocycles. The van der Waals surface area contributed by atoms with Crippen molar-refractivity contribution in [3.8, 4) is 22.1 Å². The molecule has 3 heterocycles. The fourth-order valence-corrected chi connectivity index (χ4v) is 6.16. The lowest BCUT2D eigenvalue weighted by Gasteiger charge is -2.32. The number of fused-ring (bicyclic) bond motifs is 1. The molecule has 1 aromatic carbocycles. The smallest absolute Gasteiger partial charge is 0.161 e. The first-order valence-electron chi connectivity index (χ1n) is 9.84. The molecule has 2 atom stereocenters. The van der Waals surface area contributed by atoms with Crippen molar-refractivity contribution in [3.05, 3.63) is 51.2 Å². The zero-order valence-electron chi connectivity index (χ0n) is 16.2.